The van der Waals surface area contributed by atoms with E-state index in [2.05, 4.69) is 5.32 Å². The average Bonchev–Trinajstić information content (AvgIpc) is 2.33. The van der Waals surface area contributed by atoms with Gasteiger partial charge in [-0.25, -0.2) is 8.42 Å². The molecule has 2 N–H and O–H groups in total. The van der Waals surface area contributed by atoms with E-state index in [1.165, 1.54) is 24.3 Å². The van der Waals surface area contributed by atoms with E-state index in [1.807, 2.05) is 0 Å². The lowest BCUT2D eigenvalue weighted by atomic mass is 10.3. The molecule has 1 aromatic rings. The van der Waals surface area contributed by atoms with Gasteiger partial charge < -0.3 is 15.2 Å². The maximum atomic E-state index is 11.2. The summed E-state index contributed by atoms with van der Waals surface area (Å²) in [6.07, 6.45) is 1.12. The van der Waals surface area contributed by atoms with Crippen LogP contribution in [-0.2, 0) is 14.6 Å². The largest absolute Gasteiger partial charge is 0.484 e. The number of nitrogens with one attached hydrogen (secondary N) is 1. The van der Waals surface area contributed by atoms with E-state index in [9.17, 15) is 13.2 Å². The van der Waals surface area contributed by atoms with Gasteiger partial charge in [-0.1, -0.05) is 0 Å². The van der Waals surface area contributed by atoms with Gasteiger partial charge in [0.1, 0.15) is 5.75 Å². The minimum atomic E-state index is -3.23. The van der Waals surface area contributed by atoms with Crippen LogP contribution in [0.5, 0.6) is 5.75 Å². The van der Waals surface area contributed by atoms with Gasteiger partial charge in [0.05, 0.1) is 11.5 Å². The first-order valence-electron chi connectivity index (χ1n) is 5.24. The van der Waals surface area contributed by atoms with E-state index in [4.69, 9.17) is 9.84 Å². The molecule has 1 aromatic carbocycles. The lowest BCUT2D eigenvalue weighted by Crippen LogP contribution is -2.31. The van der Waals surface area contributed by atoms with Crippen molar-refractivity contribution in [2.75, 3.05) is 26.0 Å². The van der Waals surface area contributed by atoms with Gasteiger partial charge in [0.2, 0.25) is 0 Å². The van der Waals surface area contributed by atoms with Crippen molar-refractivity contribution in [1.29, 1.82) is 0 Å². The Bertz CT molecular complexity index is 495. The fourth-order valence-corrected chi connectivity index (χ4v) is 1.81. The molecule has 7 heteroatoms. The van der Waals surface area contributed by atoms with Crippen LogP contribution in [0.15, 0.2) is 29.2 Å². The SMILES string of the molecule is CS(=O)(=O)c1ccc(OCC(=O)NCCO)cc1. The predicted molar refractivity (Wildman–Crippen MR) is 65.1 cm³/mol. The Morgan fingerprint density at radius 1 is 1.33 bits per heavy atom. The molecule has 0 radical (unpaired) electrons. The molecule has 0 heterocycles. The first-order valence-corrected chi connectivity index (χ1v) is 7.13. The Balaban J connectivity index is 2.52. The fraction of sp³-hybridized carbons (Fsp3) is 0.364. The summed E-state index contributed by atoms with van der Waals surface area (Å²) in [4.78, 5) is 11.4. The van der Waals surface area contributed by atoms with E-state index < -0.39 is 9.84 Å². The van der Waals surface area contributed by atoms with E-state index in [-0.39, 0.29) is 30.6 Å². The third-order valence-corrected chi connectivity index (χ3v) is 3.18. The molecule has 100 valence electrons. The second-order valence-electron chi connectivity index (χ2n) is 3.61. The number of amides is 1. The first kappa shape index (κ1) is 14.5. The Hall–Kier alpha value is -1.60. The first-order chi connectivity index (χ1) is 8.43. The van der Waals surface area contributed by atoms with E-state index in [0.717, 1.165) is 6.26 Å². The molecule has 18 heavy (non-hydrogen) atoms. The topological polar surface area (TPSA) is 92.7 Å². The van der Waals surface area contributed by atoms with Crippen LogP contribution < -0.4 is 10.1 Å². The van der Waals surface area contributed by atoms with Gasteiger partial charge in [-0.15, -0.1) is 0 Å². The highest BCUT2D eigenvalue weighted by molar-refractivity contribution is 7.90. The predicted octanol–water partition coefficient (Wildman–Crippen LogP) is -0.423. The van der Waals surface area contributed by atoms with E-state index >= 15 is 0 Å². The maximum Gasteiger partial charge on any atom is 0.258 e. The number of carbonyl (C=O) groups is 1. The van der Waals surface area contributed by atoms with E-state index in [0.29, 0.717) is 5.75 Å². The number of aliphatic hydroxyl groups is 1. The Labute approximate surface area is 106 Å². The van der Waals surface area contributed by atoms with Crippen LogP contribution in [0.1, 0.15) is 0 Å². The van der Waals surface area contributed by atoms with Gasteiger partial charge in [0.25, 0.3) is 5.91 Å². The smallest absolute Gasteiger partial charge is 0.258 e. The number of hydrogen-bond acceptors (Lipinski definition) is 5. The summed E-state index contributed by atoms with van der Waals surface area (Å²) < 4.78 is 27.5. The van der Waals surface area contributed by atoms with Crippen LogP contribution >= 0.6 is 0 Å². The second-order valence-corrected chi connectivity index (χ2v) is 5.62. The van der Waals surface area contributed by atoms with Crippen molar-refractivity contribution in [2.45, 2.75) is 4.90 Å². The van der Waals surface area contributed by atoms with Crippen molar-refractivity contribution >= 4 is 15.7 Å². The molecule has 0 aliphatic rings. The highest BCUT2D eigenvalue weighted by Gasteiger charge is 2.07. The molecular formula is C11H15NO5S. The number of aliphatic hydroxyl groups excluding tert-OH is 1. The molecule has 0 aromatic heterocycles. The Morgan fingerprint density at radius 2 is 1.94 bits per heavy atom. The second kappa shape index (κ2) is 6.36. The monoisotopic (exact) mass is 273 g/mol. The van der Waals surface area contributed by atoms with Gasteiger partial charge in [0, 0.05) is 12.8 Å². The molecule has 1 amide bonds. The lowest BCUT2D eigenvalue weighted by molar-refractivity contribution is -0.123. The van der Waals surface area contributed by atoms with Crippen molar-refractivity contribution < 1.29 is 23.1 Å². The maximum absolute atomic E-state index is 11.2. The van der Waals surface area contributed by atoms with E-state index in [1.54, 1.807) is 0 Å². The number of carbonyl (C=O) groups excluding carboxylic acids is 1. The molecular weight excluding hydrogens is 258 g/mol. The highest BCUT2D eigenvalue weighted by Crippen LogP contribution is 2.15. The number of benzene rings is 1. The molecule has 0 bridgehead atoms. The summed E-state index contributed by atoms with van der Waals surface area (Å²) in [5, 5.41) is 10.9. The lowest BCUT2D eigenvalue weighted by Gasteiger charge is -2.07. The molecule has 0 fully saturated rings. The van der Waals surface area contributed by atoms with Crippen LogP contribution in [-0.4, -0.2) is 45.4 Å². The zero-order chi connectivity index (χ0) is 13.6. The van der Waals surface area contributed by atoms with Crippen LogP contribution in [0.4, 0.5) is 0 Å². The Morgan fingerprint density at radius 3 is 2.44 bits per heavy atom. The summed E-state index contributed by atoms with van der Waals surface area (Å²) in [7, 11) is -3.23. The number of hydrogen-bond donors (Lipinski definition) is 2. The molecule has 0 saturated carbocycles. The highest BCUT2D eigenvalue weighted by atomic mass is 32.2. The summed E-state index contributed by atoms with van der Waals surface area (Å²) >= 11 is 0. The molecule has 1 rings (SSSR count). The van der Waals surface area contributed by atoms with Crippen LogP contribution in [0, 0.1) is 0 Å². The molecule has 0 atom stereocenters. The fourth-order valence-electron chi connectivity index (χ4n) is 1.18. The van der Waals surface area contributed by atoms with Gasteiger partial charge in [-0.2, -0.15) is 0 Å². The van der Waals surface area contributed by atoms with Crippen molar-refractivity contribution in [2.24, 2.45) is 0 Å². The quantitative estimate of drug-likeness (QED) is 0.734. The van der Waals surface area contributed by atoms with Crippen molar-refractivity contribution in [1.82, 2.24) is 5.32 Å². The van der Waals surface area contributed by atoms with Crippen LogP contribution in [0.2, 0.25) is 0 Å². The number of sulfone groups is 1. The van der Waals surface area contributed by atoms with Crippen LogP contribution in [0.25, 0.3) is 0 Å². The normalized spacial score (nSPS) is 11.0. The molecule has 0 saturated heterocycles. The summed E-state index contributed by atoms with van der Waals surface area (Å²) in [5.74, 6) is 0.0535. The van der Waals surface area contributed by atoms with Gasteiger partial charge in [-0.05, 0) is 24.3 Å². The minimum Gasteiger partial charge on any atom is -0.484 e. The van der Waals surface area contributed by atoms with Gasteiger partial charge in [0.15, 0.2) is 16.4 Å². The zero-order valence-electron chi connectivity index (χ0n) is 9.92. The van der Waals surface area contributed by atoms with Gasteiger partial charge >= 0.3 is 0 Å². The molecule has 0 aliphatic heterocycles. The summed E-state index contributed by atoms with van der Waals surface area (Å²) in [6, 6.07) is 5.79. The van der Waals surface area contributed by atoms with Gasteiger partial charge in [-0.3, -0.25) is 4.79 Å². The molecule has 0 aliphatic carbocycles. The van der Waals surface area contributed by atoms with Crippen molar-refractivity contribution in [3.8, 4) is 5.75 Å². The standard InChI is InChI=1S/C11H15NO5S/c1-18(15,16)10-4-2-9(3-5-10)17-8-11(14)12-6-7-13/h2-5,13H,6-8H2,1H3,(H,12,14). The number of rotatable bonds is 6. The summed E-state index contributed by atoms with van der Waals surface area (Å²) in [6.45, 7) is -0.137. The van der Waals surface area contributed by atoms with Crippen LogP contribution in [0.3, 0.4) is 0 Å². The molecule has 0 spiro atoms. The minimum absolute atomic E-state index is 0.130. The number of ether oxygens (including phenoxy) is 1. The Kier molecular flexibility index (Phi) is 5.11. The van der Waals surface area contributed by atoms with Crippen molar-refractivity contribution in [3.05, 3.63) is 24.3 Å². The van der Waals surface area contributed by atoms with Crippen molar-refractivity contribution in [3.63, 3.8) is 0 Å². The third kappa shape index (κ3) is 4.72. The zero-order valence-corrected chi connectivity index (χ0v) is 10.7. The third-order valence-electron chi connectivity index (χ3n) is 2.06. The molecule has 0 unspecified atom stereocenters. The average molecular weight is 273 g/mol. The molecule has 6 nitrogen and oxygen atoms in total. The summed E-state index contributed by atoms with van der Waals surface area (Å²) in [5.41, 5.74) is 0.